The summed E-state index contributed by atoms with van der Waals surface area (Å²) in [5, 5.41) is 13.1. The molecule has 7 nitrogen and oxygen atoms in total. The fourth-order valence-corrected chi connectivity index (χ4v) is 3.53. The summed E-state index contributed by atoms with van der Waals surface area (Å²) in [6.45, 7) is 6.53. The minimum atomic E-state index is -0.389. The highest BCUT2D eigenvalue weighted by Gasteiger charge is 2.23. The molecule has 3 aromatic rings. The number of ketones is 1. The third-order valence-electron chi connectivity index (χ3n) is 4.53. The first-order valence-corrected chi connectivity index (χ1v) is 10.4. The highest BCUT2D eigenvalue weighted by Crippen LogP contribution is 2.23. The van der Waals surface area contributed by atoms with Gasteiger partial charge in [0.25, 0.3) is 5.89 Å². The molecule has 1 aromatic carbocycles. The molecule has 152 valence electrons. The molecule has 1 atom stereocenters. The van der Waals surface area contributed by atoms with Gasteiger partial charge in [-0.1, -0.05) is 13.0 Å². The van der Waals surface area contributed by atoms with Gasteiger partial charge >= 0.3 is 0 Å². The molecule has 3 rings (SSSR count). The van der Waals surface area contributed by atoms with E-state index in [1.807, 2.05) is 29.3 Å². The van der Waals surface area contributed by atoms with Crippen molar-refractivity contribution in [3.05, 3.63) is 53.2 Å². The van der Waals surface area contributed by atoms with Crippen molar-refractivity contribution >= 4 is 28.7 Å². The summed E-state index contributed by atoms with van der Waals surface area (Å²) in [7, 11) is 0. The topological polar surface area (TPSA) is 88.3 Å². The van der Waals surface area contributed by atoms with Crippen molar-refractivity contribution in [2.45, 2.75) is 39.8 Å². The Hall–Kier alpha value is -2.84. The zero-order valence-corrected chi connectivity index (χ0v) is 17.5. The minimum Gasteiger partial charge on any atom is -0.419 e. The van der Waals surface area contributed by atoms with Gasteiger partial charge < -0.3 is 9.73 Å². The maximum Gasteiger partial charge on any atom is 0.257 e. The molecule has 2 aromatic heterocycles. The smallest absolute Gasteiger partial charge is 0.257 e. The lowest BCUT2D eigenvalue weighted by atomic mass is 10.1. The van der Waals surface area contributed by atoms with Crippen LogP contribution in [0.25, 0.3) is 10.8 Å². The summed E-state index contributed by atoms with van der Waals surface area (Å²) in [6.07, 6.45) is 0.886. The number of Topliss-reactive ketones (excluding diaryl/α,β-unsaturated/α-hetero) is 1. The van der Waals surface area contributed by atoms with E-state index in [-0.39, 0.29) is 17.7 Å². The molecule has 1 amide bonds. The fraction of sp³-hybridized carbons (Fsp3) is 0.333. The Labute approximate surface area is 173 Å². The van der Waals surface area contributed by atoms with Gasteiger partial charge in [0.15, 0.2) is 5.78 Å². The molecule has 0 unspecified atom stereocenters. The average Bonchev–Trinajstić information content (AvgIpc) is 3.39. The first-order valence-electron chi connectivity index (χ1n) is 9.50. The summed E-state index contributed by atoms with van der Waals surface area (Å²) in [6, 6.07) is 10.4. The van der Waals surface area contributed by atoms with Crippen molar-refractivity contribution in [1.29, 1.82) is 0 Å². The van der Waals surface area contributed by atoms with Crippen LogP contribution < -0.4 is 5.32 Å². The Morgan fingerprint density at radius 2 is 1.97 bits per heavy atom. The predicted molar refractivity (Wildman–Crippen MR) is 113 cm³/mol. The molecule has 0 saturated heterocycles. The van der Waals surface area contributed by atoms with Gasteiger partial charge in [-0.05, 0) is 62.5 Å². The lowest BCUT2D eigenvalue weighted by molar-refractivity contribution is -0.121. The molecule has 1 N–H and O–H groups in total. The second-order valence-electron chi connectivity index (χ2n) is 6.75. The first kappa shape index (κ1) is 20.9. The van der Waals surface area contributed by atoms with Crippen molar-refractivity contribution in [2.75, 3.05) is 11.9 Å². The van der Waals surface area contributed by atoms with E-state index in [9.17, 15) is 9.59 Å². The second-order valence-corrected chi connectivity index (χ2v) is 7.70. The zero-order chi connectivity index (χ0) is 20.8. The molecule has 2 heterocycles. The van der Waals surface area contributed by atoms with Gasteiger partial charge in [-0.3, -0.25) is 14.5 Å². The van der Waals surface area contributed by atoms with Gasteiger partial charge in [-0.25, -0.2) is 0 Å². The molecule has 0 radical (unpaired) electrons. The number of nitrogens with zero attached hydrogens (tertiary/aromatic N) is 3. The molecular weight excluding hydrogens is 388 g/mol. The SMILES string of the molecule is CCCN(Cc1nnc(-c2cccs2)o1)[C@@H](C)C(=O)Nc1ccc(C(C)=O)cc1. The van der Waals surface area contributed by atoms with Crippen LogP contribution in [0.5, 0.6) is 0 Å². The fourth-order valence-electron chi connectivity index (χ4n) is 2.89. The Kier molecular flexibility index (Phi) is 6.90. The van der Waals surface area contributed by atoms with Crippen molar-refractivity contribution < 1.29 is 14.0 Å². The highest BCUT2D eigenvalue weighted by molar-refractivity contribution is 7.13. The molecule has 0 aliphatic heterocycles. The van der Waals surface area contributed by atoms with E-state index < -0.39 is 0 Å². The Balaban J connectivity index is 1.65. The summed E-state index contributed by atoms with van der Waals surface area (Å²) in [5.74, 6) is 0.834. The number of carbonyl (C=O) groups is 2. The van der Waals surface area contributed by atoms with Crippen LogP contribution in [0.1, 0.15) is 43.4 Å². The van der Waals surface area contributed by atoms with Gasteiger partial charge in [-0.2, -0.15) is 0 Å². The maximum atomic E-state index is 12.7. The molecule has 8 heteroatoms. The van der Waals surface area contributed by atoms with E-state index in [1.165, 1.54) is 18.3 Å². The molecule has 0 aliphatic carbocycles. The summed E-state index contributed by atoms with van der Waals surface area (Å²) in [5.41, 5.74) is 1.27. The first-order chi connectivity index (χ1) is 14.0. The number of benzene rings is 1. The minimum absolute atomic E-state index is 0.00756. The maximum absolute atomic E-state index is 12.7. The van der Waals surface area contributed by atoms with Gasteiger partial charge in [0.05, 0.1) is 17.5 Å². The van der Waals surface area contributed by atoms with E-state index in [2.05, 4.69) is 22.4 Å². The van der Waals surface area contributed by atoms with E-state index in [1.54, 1.807) is 24.3 Å². The van der Waals surface area contributed by atoms with Crippen LogP contribution in [0.3, 0.4) is 0 Å². The molecule has 0 bridgehead atoms. The molecular formula is C21H24N4O3S. The van der Waals surface area contributed by atoms with Crippen LogP contribution in [0, 0.1) is 0 Å². The molecule has 0 aliphatic rings. The third-order valence-corrected chi connectivity index (χ3v) is 5.39. The van der Waals surface area contributed by atoms with E-state index in [4.69, 9.17) is 4.42 Å². The van der Waals surface area contributed by atoms with E-state index in [0.29, 0.717) is 36.1 Å². The number of aromatic nitrogens is 2. The predicted octanol–water partition coefficient (Wildman–Crippen LogP) is 4.24. The number of carbonyl (C=O) groups excluding carboxylic acids is 2. The quantitative estimate of drug-likeness (QED) is 0.529. The molecule has 0 spiro atoms. The third kappa shape index (κ3) is 5.36. The number of anilines is 1. The lowest BCUT2D eigenvalue weighted by Crippen LogP contribution is -2.42. The lowest BCUT2D eigenvalue weighted by Gasteiger charge is -2.26. The largest absolute Gasteiger partial charge is 0.419 e. The normalized spacial score (nSPS) is 12.1. The van der Waals surface area contributed by atoms with Crippen LogP contribution in [0.15, 0.2) is 46.2 Å². The van der Waals surface area contributed by atoms with Gasteiger partial charge in [0.2, 0.25) is 11.8 Å². The Morgan fingerprint density at radius 1 is 1.21 bits per heavy atom. The van der Waals surface area contributed by atoms with Gasteiger partial charge in [-0.15, -0.1) is 21.5 Å². The monoisotopic (exact) mass is 412 g/mol. The standard InChI is InChI=1S/C21H24N4O3S/c1-4-11-25(13-19-23-24-21(28-19)18-6-5-12-29-18)14(2)20(27)22-17-9-7-16(8-10-17)15(3)26/h5-10,12,14H,4,11,13H2,1-3H3,(H,22,27)/t14-/m0/s1. The van der Waals surface area contributed by atoms with Gasteiger partial charge in [0, 0.05) is 11.3 Å². The zero-order valence-electron chi connectivity index (χ0n) is 16.7. The highest BCUT2D eigenvalue weighted by atomic mass is 32.1. The molecule has 29 heavy (non-hydrogen) atoms. The number of hydrogen-bond donors (Lipinski definition) is 1. The average molecular weight is 413 g/mol. The van der Waals surface area contributed by atoms with Crippen molar-refractivity contribution in [2.24, 2.45) is 0 Å². The van der Waals surface area contributed by atoms with E-state index >= 15 is 0 Å². The van der Waals surface area contributed by atoms with Crippen molar-refractivity contribution in [1.82, 2.24) is 15.1 Å². The summed E-state index contributed by atoms with van der Waals surface area (Å²) < 4.78 is 5.77. The van der Waals surface area contributed by atoms with Crippen molar-refractivity contribution in [3.63, 3.8) is 0 Å². The molecule has 0 fully saturated rings. The summed E-state index contributed by atoms with van der Waals surface area (Å²) in [4.78, 5) is 27.1. The number of thiophene rings is 1. The number of amides is 1. The number of rotatable bonds is 9. The van der Waals surface area contributed by atoms with Crippen LogP contribution in [-0.2, 0) is 11.3 Å². The second kappa shape index (κ2) is 9.58. The van der Waals surface area contributed by atoms with Crippen LogP contribution in [-0.4, -0.2) is 39.4 Å². The van der Waals surface area contributed by atoms with Crippen LogP contribution in [0.2, 0.25) is 0 Å². The number of nitrogens with one attached hydrogen (secondary N) is 1. The Bertz CT molecular complexity index is 951. The van der Waals surface area contributed by atoms with Crippen LogP contribution in [0.4, 0.5) is 5.69 Å². The Morgan fingerprint density at radius 3 is 2.59 bits per heavy atom. The van der Waals surface area contributed by atoms with Crippen LogP contribution >= 0.6 is 11.3 Å². The summed E-state index contributed by atoms with van der Waals surface area (Å²) >= 11 is 1.54. The van der Waals surface area contributed by atoms with Crippen molar-refractivity contribution in [3.8, 4) is 10.8 Å². The number of hydrogen-bond acceptors (Lipinski definition) is 7. The molecule has 0 saturated carbocycles. The van der Waals surface area contributed by atoms with E-state index in [0.717, 1.165) is 11.3 Å². The van der Waals surface area contributed by atoms with Gasteiger partial charge in [0.1, 0.15) is 0 Å².